The van der Waals surface area contributed by atoms with Crippen LogP contribution in [-0.2, 0) is 19.1 Å². The third-order valence-corrected chi connectivity index (χ3v) is 3.18. The average molecular weight is 278 g/mol. The summed E-state index contributed by atoms with van der Waals surface area (Å²) in [6.07, 6.45) is 4.44. The maximum absolute atomic E-state index is 12.3. The Labute approximate surface area is 117 Å². The number of carbonyl (C=O) groups is 2. The first-order valence-corrected chi connectivity index (χ1v) is 6.02. The summed E-state index contributed by atoms with van der Waals surface area (Å²) in [5, 5.41) is 0. The Kier molecular flexibility index (Phi) is 5.32. The first-order chi connectivity index (χ1) is 9.58. The van der Waals surface area contributed by atoms with Gasteiger partial charge in [-0.3, -0.25) is 9.59 Å². The van der Waals surface area contributed by atoms with Crippen molar-refractivity contribution in [3.63, 3.8) is 0 Å². The van der Waals surface area contributed by atoms with Gasteiger partial charge in [-0.1, -0.05) is 12.2 Å². The highest BCUT2D eigenvalue weighted by atomic mass is 16.5. The van der Waals surface area contributed by atoms with E-state index in [1.54, 1.807) is 12.1 Å². The third kappa shape index (κ3) is 2.52. The molecule has 5 heteroatoms. The second-order valence-electron chi connectivity index (χ2n) is 4.18. The van der Waals surface area contributed by atoms with E-state index in [0.717, 1.165) is 0 Å². The Morgan fingerprint density at radius 2 is 1.95 bits per heavy atom. The molecule has 0 fully saturated rings. The molecule has 0 aliphatic carbocycles. The fourth-order valence-corrected chi connectivity index (χ4v) is 2.25. The predicted molar refractivity (Wildman–Crippen MR) is 72.9 cm³/mol. The summed E-state index contributed by atoms with van der Waals surface area (Å²) >= 11 is 0. The first-order valence-electron chi connectivity index (χ1n) is 6.02. The van der Waals surface area contributed by atoms with Crippen LogP contribution in [0.3, 0.4) is 0 Å². The predicted octanol–water partition coefficient (Wildman–Crippen LogP) is 2.46. The number of ether oxygens (including phenoxy) is 2. The number of hydrogen-bond donors (Lipinski definition) is 0. The number of rotatable bonds is 7. The maximum atomic E-state index is 12.3. The molecule has 1 heterocycles. The van der Waals surface area contributed by atoms with Gasteiger partial charge in [-0.25, -0.2) is 0 Å². The van der Waals surface area contributed by atoms with Gasteiger partial charge in [0.2, 0.25) is 0 Å². The number of hydrogen-bond acceptors (Lipinski definition) is 5. The molecular formula is C15H18O5. The molecule has 0 aromatic carbocycles. The van der Waals surface area contributed by atoms with Crippen molar-refractivity contribution in [2.45, 2.75) is 12.3 Å². The lowest BCUT2D eigenvalue weighted by Crippen LogP contribution is -2.45. The standard InChI is InChI=1S/C15H18O5/c1-5-9-15(13(16)18-3,14(17)19-4)11(6-2)12-8-7-10-20-12/h5-8,10-11H,1-2,9H2,3-4H3/t11-/m0/s1. The molecular weight excluding hydrogens is 260 g/mol. The van der Waals surface area contributed by atoms with Crippen LogP contribution in [0.15, 0.2) is 48.1 Å². The molecule has 5 nitrogen and oxygen atoms in total. The SMILES string of the molecule is C=CCC(C(=O)OC)(C(=O)OC)[C@@H](C=C)c1ccco1. The van der Waals surface area contributed by atoms with E-state index < -0.39 is 23.3 Å². The van der Waals surface area contributed by atoms with E-state index in [9.17, 15) is 9.59 Å². The molecule has 1 aromatic rings. The van der Waals surface area contributed by atoms with Crippen LogP contribution in [0.4, 0.5) is 0 Å². The highest BCUT2D eigenvalue weighted by Crippen LogP contribution is 2.42. The van der Waals surface area contributed by atoms with Crippen molar-refractivity contribution in [2.75, 3.05) is 14.2 Å². The van der Waals surface area contributed by atoms with Crippen LogP contribution in [0.25, 0.3) is 0 Å². The molecule has 0 N–H and O–H groups in total. The van der Waals surface area contributed by atoms with Gasteiger partial charge in [0.15, 0.2) is 5.41 Å². The van der Waals surface area contributed by atoms with Crippen molar-refractivity contribution in [2.24, 2.45) is 5.41 Å². The molecule has 0 spiro atoms. The number of carbonyl (C=O) groups excluding carboxylic acids is 2. The molecule has 0 amide bonds. The van der Waals surface area contributed by atoms with E-state index in [0.29, 0.717) is 5.76 Å². The normalized spacial score (nSPS) is 12.3. The second-order valence-corrected chi connectivity index (χ2v) is 4.18. The topological polar surface area (TPSA) is 65.7 Å². The first kappa shape index (κ1) is 15.8. The molecule has 0 aliphatic heterocycles. The van der Waals surface area contributed by atoms with Crippen LogP contribution in [0.5, 0.6) is 0 Å². The van der Waals surface area contributed by atoms with Gasteiger partial charge in [-0.15, -0.1) is 13.2 Å². The minimum atomic E-state index is -1.59. The van der Waals surface area contributed by atoms with Gasteiger partial charge in [-0.2, -0.15) is 0 Å². The maximum Gasteiger partial charge on any atom is 0.324 e. The largest absolute Gasteiger partial charge is 0.469 e. The Morgan fingerprint density at radius 1 is 1.35 bits per heavy atom. The molecule has 1 rings (SSSR count). The number of allylic oxidation sites excluding steroid dienone is 2. The van der Waals surface area contributed by atoms with Crippen molar-refractivity contribution in [1.82, 2.24) is 0 Å². The van der Waals surface area contributed by atoms with Crippen molar-refractivity contribution in [3.05, 3.63) is 49.5 Å². The number of methoxy groups -OCH3 is 2. The van der Waals surface area contributed by atoms with Crippen molar-refractivity contribution >= 4 is 11.9 Å². The third-order valence-electron chi connectivity index (χ3n) is 3.18. The monoisotopic (exact) mass is 278 g/mol. The second kappa shape index (κ2) is 6.75. The lowest BCUT2D eigenvalue weighted by molar-refractivity contribution is -0.170. The van der Waals surface area contributed by atoms with E-state index in [-0.39, 0.29) is 6.42 Å². The fraction of sp³-hybridized carbons (Fsp3) is 0.333. The smallest absolute Gasteiger partial charge is 0.324 e. The zero-order chi connectivity index (χ0) is 15.2. The van der Waals surface area contributed by atoms with Crippen LogP contribution in [0, 0.1) is 5.41 Å². The molecule has 0 unspecified atom stereocenters. The molecule has 1 aromatic heterocycles. The van der Waals surface area contributed by atoms with Crippen LogP contribution in [0.2, 0.25) is 0 Å². The summed E-state index contributed by atoms with van der Waals surface area (Å²) in [5.74, 6) is -1.72. The fourth-order valence-electron chi connectivity index (χ4n) is 2.25. The Balaban J connectivity index is 3.46. The Bertz CT molecular complexity index is 470. The Hall–Kier alpha value is -2.30. The zero-order valence-electron chi connectivity index (χ0n) is 11.6. The van der Waals surface area contributed by atoms with Gasteiger partial charge in [0, 0.05) is 0 Å². The van der Waals surface area contributed by atoms with Gasteiger partial charge >= 0.3 is 11.9 Å². The Morgan fingerprint density at radius 3 is 2.30 bits per heavy atom. The van der Waals surface area contributed by atoms with Crippen molar-refractivity contribution in [1.29, 1.82) is 0 Å². The molecule has 0 bridgehead atoms. The van der Waals surface area contributed by atoms with Crippen LogP contribution in [0.1, 0.15) is 18.1 Å². The van der Waals surface area contributed by atoms with Crippen LogP contribution in [-0.4, -0.2) is 26.2 Å². The molecule has 1 atom stereocenters. The van der Waals surface area contributed by atoms with Crippen LogP contribution >= 0.6 is 0 Å². The van der Waals surface area contributed by atoms with Crippen LogP contribution < -0.4 is 0 Å². The van der Waals surface area contributed by atoms with Gasteiger partial charge in [0.25, 0.3) is 0 Å². The minimum Gasteiger partial charge on any atom is -0.469 e. The quantitative estimate of drug-likeness (QED) is 0.435. The van der Waals surface area contributed by atoms with Gasteiger partial charge in [-0.05, 0) is 18.6 Å². The highest BCUT2D eigenvalue weighted by molar-refractivity contribution is 6.01. The average Bonchev–Trinajstić information content (AvgIpc) is 2.99. The summed E-state index contributed by atoms with van der Waals surface area (Å²) in [6, 6.07) is 3.33. The van der Waals surface area contributed by atoms with E-state index in [2.05, 4.69) is 13.2 Å². The molecule has 20 heavy (non-hydrogen) atoms. The summed E-state index contributed by atoms with van der Waals surface area (Å²) in [5.41, 5.74) is -1.59. The molecule has 0 saturated heterocycles. The van der Waals surface area contributed by atoms with Gasteiger partial charge in [0.1, 0.15) is 5.76 Å². The number of furan rings is 1. The molecule has 108 valence electrons. The summed E-state index contributed by atoms with van der Waals surface area (Å²) in [6.45, 7) is 7.29. The van der Waals surface area contributed by atoms with E-state index in [1.807, 2.05) is 0 Å². The van der Waals surface area contributed by atoms with Crippen molar-refractivity contribution < 1.29 is 23.5 Å². The molecule has 0 saturated carbocycles. The summed E-state index contributed by atoms with van der Waals surface area (Å²) < 4.78 is 14.9. The minimum absolute atomic E-state index is 0.0454. The van der Waals surface area contributed by atoms with E-state index >= 15 is 0 Å². The zero-order valence-corrected chi connectivity index (χ0v) is 11.6. The lowest BCUT2D eigenvalue weighted by atomic mass is 9.71. The highest BCUT2D eigenvalue weighted by Gasteiger charge is 2.54. The van der Waals surface area contributed by atoms with Crippen molar-refractivity contribution in [3.8, 4) is 0 Å². The summed E-state index contributed by atoms with van der Waals surface area (Å²) in [4.78, 5) is 24.5. The van der Waals surface area contributed by atoms with E-state index in [4.69, 9.17) is 13.9 Å². The summed E-state index contributed by atoms with van der Waals surface area (Å²) in [7, 11) is 2.43. The van der Waals surface area contributed by atoms with Gasteiger partial charge < -0.3 is 13.9 Å². The van der Waals surface area contributed by atoms with Gasteiger partial charge in [0.05, 0.1) is 26.4 Å². The number of esters is 2. The van der Waals surface area contributed by atoms with E-state index in [1.165, 1.54) is 32.6 Å². The molecule has 0 radical (unpaired) electrons. The molecule has 0 aliphatic rings. The lowest BCUT2D eigenvalue weighted by Gasteiger charge is -2.32.